The normalized spacial score (nSPS) is 10.2. The van der Waals surface area contributed by atoms with Crippen molar-refractivity contribution in [1.29, 1.82) is 0 Å². The van der Waals surface area contributed by atoms with E-state index in [0.29, 0.717) is 5.56 Å². The lowest BCUT2D eigenvalue weighted by Crippen LogP contribution is -2.29. The van der Waals surface area contributed by atoms with Gasteiger partial charge in [-0.05, 0) is 33.3 Å². The minimum absolute atomic E-state index is 0.0362. The smallest absolute Gasteiger partial charge is 0.397 e. The van der Waals surface area contributed by atoms with Crippen LogP contribution >= 0.6 is 11.3 Å². The van der Waals surface area contributed by atoms with E-state index in [1.807, 2.05) is 0 Å². The van der Waals surface area contributed by atoms with E-state index in [-0.39, 0.29) is 34.0 Å². The van der Waals surface area contributed by atoms with Crippen molar-refractivity contribution in [2.75, 3.05) is 19.0 Å². The van der Waals surface area contributed by atoms with Crippen molar-refractivity contribution < 1.29 is 28.7 Å². The molecule has 24 heavy (non-hydrogen) atoms. The molecule has 8 nitrogen and oxygen atoms in total. The summed E-state index contributed by atoms with van der Waals surface area (Å²) in [5.74, 6) is -3.20. The summed E-state index contributed by atoms with van der Waals surface area (Å²) in [7, 11) is 1.18. The fourth-order valence-electron chi connectivity index (χ4n) is 1.84. The van der Waals surface area contributed by atoms with Gasteiger partial charge in [-0.2, -0.15) is 0 Å². The molecule has 132 valence electrons. The number of nitrogens with one attached hydrogen (secondary N) is 2. The number of thiophene rings is 1. The van der Waals surface area contributed by atoms with Gasteiger partial charge in [0, 0.05) is 6.04 Å². The zero-order valence-corrected chi connectivity index (χ0v) is 15.0. The number of anilines is 1. The summed E-state index contributed by atoms with van der Waals surface area (Å²) in [5.41, 5.74) is 0.401. The Bertz CT molecular complexity index is 665. The molecule has 0 bridgehead atoms. The molecule has 0 spiro atoms. The lowest BCUT2D eigenvalue weighted by molar-refractivity contribution is -0.152. The SMILES string of the molecule is CCOC(=O)C(=O)Nc1sc(C(=O)NC(C)C)c(C)c1C(=O)OC. The maximum absolute atomic E-state index is 12.2. The first kappa shape index (κ1) is 19.6. The highest BCUT2D eigenvalue weighted by Crippen LogP contribution is 2.33. The zero-order valence-electron chi connectivity index (χ0n) is 14.1. The molecule has 0 aliphatic carbocycles. The number of carbonyl (C=O) groups is 4. The van der Waals surface area contributed by atoms with Crippen LogP contribution in [0.1, 0.15) is 46.4 Å². The van der Waals surface area contributed by atoms with Gasteiger partial charge in [-0.1, -0.05) is 0 Å². The first-order chi connectivity index (χ1) is 11.2. The van der Waals surface area contributed by atoms with E-state index in [9.17, 15) is 19.2 Å². The average Bonchev–Trinajstić information content (AvgIpc) is 2.82. The Morgan fingerprint density at radius 2 is 1.83 bits per heavy atom. The second-order valence-corrected chi connectivity index (χ2v) is 6.08. The summed E-state index contributed by atoms with van der Waals surface area (Å²) in [6.45, 7) is 6.77. The second kappa shape index (κ2) is 8.44. The van der Waals surface area contributed by atoms with Crippen LogP contribution in [0.5, 0.6) is 0 Å². The van der Waals surface area contributed by atoms with Gasteiger partial charge in [0.15, 0.2) is 0 Å². The fraction of sp³-hybridized carbons (Fsp3) is 0.467. The molecule has 0 atom stereocenters. The third-order valence-electron chi connectivity index (χ3n) is 2.85. The van der Waals surface area contributed by atoms with Gasteiger partial charge in [-0.25, -0.2) is 9.59 Å². The highest BCUT2D eigenvalue weighted by atomic mass is 32.1. The molecule has 1 aromatic rings. The molecule has 2 N–H and O–H groups in total. The Kier molecular flexibility index (Phi) is 6.90. The van der Waals surface area contributed by atoms with Gasteiger partial charge in [0.05, 0.1) is 24.2 Å². The van der Waals surface area contributed by atoms with Crippen LogP contribution in [-0.2, 0) is 19.1 Å². The number of amides is 2. The van der Waals surface area contributed by atoms with Gasteiger partial charge in [0.1, 0.15) is 5.00 Å². The lowest BCUT2D eigenvalue weighted by Gasteiger charge is -2.07. The highest BCUT2D eigenvalue weighted by Gasteiger charge is 2.28. The minimum atomic E-state index is -1.08. The van der Waals surface area contributed by atoms with E-state index >= 15 is 0 Å². The molecule has 1 aromatic heterocycles. The van der Waals surface area contributed by atoms with Crippen LogP contribution in [0.25, 0.3) is 0 Å². The van der Waals surface area contributed by atoms with Crippen molar-refractivity contribution in [1.82, 2.24) is 5.32 Å². The number of ether oxygens (including phenoxy) is 2. The molecule has 0 saturated carbocycles. The van der Waals surface area contributed by atoms with Crippen LogP contribution in [0.2, 0.25) is 0 Å². The van der Waals surface area contributed by atoms with Crippen molar-refractivity contribution in [2.45, 2.75) is 33.7 Å². The summed E-state index contributed by atoms with van der Waals surface area (Å²) >= 11 is 0.891. The Morgan fingerprint density at radius 1 is 1.21 bits per heavy atom. The molecule has 0 radical (unpaired) electrons. The van der Waals surface area contributed by atoms with E-state index in [0.717, 1.165) is 11.3 Å². The molecule has 0 aliphatic rings. The van der Waals surface area contributed by atoms with Crippen molar-refractivity contribution in [3.05, 3.63) is 16.0 Å². The molecule has 0 aliphatic heterocycles. The summed E-state index contributed by atoms with van der Waals surface area (Å²) in [4.78, 5) is 47.7. The van der Waals surface area contributed by atoms with Crippen molar-refractivity contribution in [2.24, 2.45) is 0 Å². The van der Waals surface area contributed by atoms with Crippen LogP contribution in [0.4, 0.5) is 5.00 Å². The van der Waals surface area contributed by atoms with Gasteiger partial charge < -0.3 is 20.1 Å². The molecule has 1 rings (SSSR count). The first-order valence-electron chi connectivity index (χ1n) is 7.23. The average molecular weight is 356 g/mol. The molecule has 0 aromatic carbocycles. The van der Waals surface area contributed by atoms with Crippen molar-refractivity contribution >= 4 is 40.1 Å². The molecule has 0 fully saturated rings. The van der Waals surface area contributed by atoms with Gasteiger partial charge in [-0.3, -0.25) is 9.59 Å². The first-order valence-corrected chi connectivity index (χ1v) is 8.05. The third kappa shape index (κ3) is 4.54. The maximum atomic E-state index is 12.2. The number of rotatable bonds is 5. The van der Waals surface area contributed by atoms with Gasteiger partial charge in [0.2, 0.25) is 0 Å². The largest absolute Gasteiger partial charge is 0.465 e. The summed E-state index contributed by atoms with van der Waals surface area (Å²) < 4.78 is 9.29. The van der Waals surface area contributed by atoms with Crippen LogP contribution in [0.3, 0.4) is 0 Å². The quantitative estimate of drug-likeness (QED) is 0.611. The number of hydrogen-bond donors (Lipinski definition) is 2. The van der Waals surface area contributed by atoms with Crippen LogP contribution in [0.15, 0.2) is 0 Å². The molecule has 0 saturated heterocycles. The molecular formula is C15H20N2O6S. The van der Waals surface area contributed by atoms with Crippen molar-refractivity contribution in [3.8, 4) is 0 Å². The van der Waals surface area contributed by atoms with Gasteiger partial charge in [-0.15, -0.1) is 11.3 Å². The number of hydrogen-bond acceptors (Lipinski definition) is 7. The highest BCUT2D eigenvalue weighted by molar-refractivity contribution is 7.18. The zero-order chi connectivity index (χ0) is 18.4. The molecular weight excluding hydrogens is 336 g/mol. The Morgan fingerprint density at radius 3 is 2.33 bits per heavy atom. The number of esters is 2. The monoisotopic (exact) mass is 356 g/mol. The van der Waals surface area contributed by atoms with E-state index in [2.05, 4.69) is 15.4 Å². The van der Waals surface area contributed by atoms with E-state index < -0.39 is 17.8 Å². The Balaban J connectivity index is 3.23. The fourth-order valence-corrected chi connectivity index (χ4v) is 2.94. The molecule has 0 unspecified atom stereocenters. The molecule has 1 heterocycles. The third-order valence-corrected chi connectivity index (χ3v) is 4.06. The van der Waals surface area contributed by atoms with Crippen LogP contribution < -0.4 is 10.6 Å². The summed E-state index contributed by atoms with van der Waals surface area (Å²) in [6.07, 6.45) is 0. The topological polar surface area (TPSA) is 111 Å². The molecule has 9 heteroatoms. The van der Waals surface area contributed by atoms with E-state index in [4.69, 9.17) is 4.74 Å². The number of carbonyl (C=O) groups excluding carboxylic acids is 4. The van der Waals surface area contributed by atoms with Crippen LogP contribution in [-0.4, -0.2) is 43.5 Å². The van der Waals surface area contributed by atoms with Crippen LogP contribution in [0, 0.1) is 6.92 Å². The predicted molar refractivity (Wildman–Crippen MR) is 88.3 cm³/mol. The Labute approximate surface area is 143 Å². The second-order valence-electron chi connectivity index (χ2n) is 5.05. The minimum Gasteiger partial charge on any atom is -0.465 e. The Hall–Kier alpha value is -2.42. The maximum Gasteiger partial charge on any atom is 0.397 e. The summed E-state index contributed by atoms with van der Waals surface area (Å²) in [5, 5.41) is 5.07. The van der Waals surface area contributed by atoms with E-state index in [1.165, 1.54) is 7.11 Å². The summed E-state index contributed by atoms with van der Waals surface area (Å²) in [6, 6.07) is -0.0989. The standard InChI is InChI=1S/C15H20N2O6S/c1-6-23-15(21)12(19)17-13-9(14(20)22-5)8(4)10(24-13)11(18)16-7(2)3/h7H,6H2,1-5H3,(H,16,18)(H,17,19). The van der Waals surface area contributed by atoms with Gasteiger partial charge in [0.25, 0.3) is 5.91 Å². The lowest BCUT2D eigenvalue weighted by atomic mass is 10.1. The van der Waals surface area contributed by atoms with E-state index in [1.54, 1.807) is 27.7 Å². The predicted octanol–water partition coefficient (Wildman–Crippen LogP) is 1.48. The van der Waals surface area contributed by atoms with Gasteiger partial charge >= 0.3 is 17.8 Å². The van der Waals surface area contributed by atoms with Crippen molar-refractivity contribution in [3.63, 3.8) is 0 Å². The number of methoxy groups -OCH3 is 1. The molecule has 2 amide bonds.